The van der Waals surface area contributed by atoms with Crippen LogP contribution in [0.4, 0.5) is 0 Å². The Morgan fingerprint density at radius 1 is 0.450 bits per heavy atom. The Bertz CT molecular complexity index is 840. The molecule has 0 fully saturated rings. The predicted molar refractivity (Wildman–Crippen MR) is 159 cm³/mol. The largest absolute Gasteiger partial charge is 0.466 e. The molecule has 0 unspecified atom stereocenters. The molecule has 0 saturated carbocycles. The number of thioether (sulfide) groups is 4. The molecule has 0 radical (unpaired) electrons. The SMILES string of the molecule is CCOC(=O)CCSC1=C(SCCC(=O)OCC)C(=O)C(SCCC(=O)OCC)=C(SCCC(=O)OCC)C1=O. The van der Waals surface area contributed by atoms with Crippen molar-refractivity contribution in [1.82, 2.24) is 0 Å². The van der Waals surface area contributed by atoms with Gasteiger partial charge in [0.2, 0.25) is 11.6 Å². The Kier molecular flexibility index (Phi) is 18.9. The van der Waals surface area contributed by atoms with E-state index in [9.17, 15) is 28.8 Å². The topological polar surface area (TPSA) is 139 Å². The van der Waals surface area contributed by atoms with Gasteiger partial charge in [0.1, 0.15) is 0 Å². The number of carbonyl (C=O) groups is 6. The van der Waals surface area contributed by atoms with Gasteiger partial charge in [-0.15, -0.1) is 47.0 Å². The van der Waals surface area contributed by atoms with Crippen LogP contribution in [-0.4, -0.2) is 84.9 Å². The third kappa shape index (κ3) is 13.2. The zero-order valence-electron chi connectivity index (χ0n) is 23.2. The van der Waals surface area contributed by atoms with E-state index in [1.165, 1.54) is 0 Å². The van der Waals surface area contributed by atoms with Gasteiger partial charge in [0, 0.05) is 23.0 Å². The lowest BCUT2D eigenvalue weighted by atomic mass is 10.1. The number of carbonyl (C=O) groups excluding carboxylic acids is 6. The maximum Gasteiger partial charge on any atom is 0.306 e. The summed E-state index contributed by atoms with van der Waals surface area (Å²) in [5, 5.41) is 0. The number of rotatable bonds is 20. The zero-order chi connectivity index (χ0) is 29.9. The van der Waals surface area contributed by atoms with E-state index < -0.39 is 35.4 Å². The van der Waals surface area contributed by atoms with Crippen molar-refractivity contribution in [3.05, 3.63) is 19.6 Å². The lowest BCUT2D eigenvalue weighted by Crippen LogP contribution is -2.21. The van der Waals surface area contributed by atoms with Gasteiger partial charge < -0.3 is 18.9 Å². The van der Waals surface area contributed by atoms with Gasteiger partial charge in [0.25, 0.3) is 0 Å². The molecule has 10 nitrogen and oxygen atoms in total. The third-order valence-corrected chi connectivity index (χ3v) is 9.27. The summed E-state index contributed by atoms with van der Waals surface area (Å²) in [5.41, 5.74) is 0. The van der Waals surface area contributed by atoms with E-state index in [4.69, 9.17) is 18.9 Å². The lowest BCUT2D eigenvalue weighted by molar-refractivity contribution is -0.143. The van der Waals surface area contributed by atoms with Crippen LogP contribution in [0.5, 0.6) is 0 Å². The van der Waals surface area contributed by atoms with Crippen LogP contribution >= 0.6 is 47.0 Å². The first-order valence-electron chi connectivity index (χ1n) is 12.9. The van der Waals surface area contributed by atoms with Crippen LogP contribution in [0, 0.1) is 0 Å². The monoisotopic (exact) mass is 636 g/mol. The number of Topliss-reactive ketones (excluding diaryl/α,β-unsaturated/α-hetero) is 2. The third-order valence-electron chi connectivity index (χ3n) is 4.67. The van der Waals surface area contributed by atoms with Gasteiger partial charge in [-0.3, -0.25) is 28.8 Å². The van der Waals surface area contributed by atoms with Gasteiger partial charge >= 0.3 is 23.9 Å². The molecular formula is C26H36O10S4. The summed E-state index contributed by atoms with van der Waals surface area (Å²) >= 11 is 4.31. The van der Waals surface area contributed by atoms with Gasteiger partial charge in [-0.2, -0.15) is 0 Å². The number of ketones is 2. The summed E-state index contributed by atoms with van der Waals surface area (Å²) in [6.07, 6.45) is 0.168. The van der Waals surface area contributed by atoms with Crippen LogP contribution in [0.1, 0.15) is 53.4 Å². The fourth-order valence-electron chi connectivity index (χ4n) is 3.02. The second-order valence-corrected chi connectivity index (χ2v) is 12.0. The summed E-state index contributed by atoms with van der Waals surface area (Å²) in [4.78, 5) is 75.6. The highest BCUT2D eigenvalue weighted by Crippen LogP contribution is 2.44. The number of hydrogen-bond donors (Lipinski definition) is 0. The Labute approximate surface area is 251 Å². The molecule has 0 amide bonds. The summed E-state index contributed by atoms with van der Waals surface area (Å²) in [7, 11) is 0. The molecule has 14 heteroatoms. The van der Waals surface area contributed by atoms with Crippen molar-refractivity contribution >= 4 is 82.5 Å². The van der Waals surface area contributed by atoms with Crippen molar-refractivity contribution in [2.24, 2.45) is 0 Å². The molecule has 1 aliphatic carbocycles. The quantitative estimate of drug-likeness (QED) is 0.106. The van der Waals surface area contributed by atoms with Crippen LogP contribution in [0.15, 0.2) is 19.6 Å². The number of ether oxygens (including phenoxy) is 4. The van der Waals surface area contributed by atoms with Crippen LogP contribution in [0.25, 0.3) is 0 Å². The van der Waals surface area contributed by atoms with Crippen molar-refractivity contribution in [3.63, 3.8) is 0 Å². The molecule has 0 aromatic heterocycles. The van der Waals surface area contributed by atoms with E-state index in [2.05, 4.69) is 0 Å². The van der Waals surface area contributed by atoms with Gasteiger partial charge in [0.05, 0.1) is 71.7 Å². The smallest absolute Gasteiger partial charge is 0.306 e. The highest BCUT2D eigenvalue weighted by molar-refractivity contribution is 8.10. The molecule has 1 rings (SSSR count). The van der Waals surface area contributed by atoms with Crippen molar-refractivity contribution in [3.8, 4) is 0 Å². The normalized spacial score (nSPS) is 13.4. The van der Waals surface area contributed by atoms with E-state index >= 15 is 0 Å². The van der Waals surface area contributed by atoms with E-state index in [1.807, 2.05) is 0 Å². The molecule has 224 valence electrons. The number of allylic oxidation sites excluding steroid dienone is 4. The first-order valence-corrected chi connectivity index (χ1v) is 16.9. The highest BCUT2D eigenvalue weighted by atomic mass is 32.2. The van der Waals surface area contributed by atoms with E-state index in [-0.39, 0.29) is 94.7 Å². The van der Waals surface area contributed by atoms with Crippen LogP contribution in [0.2, 0.25) is 0 Å². The summed E-state index contributed by atoms with van der Waals surface area (Å²) in [6.45, 7) is 7.71. The van der Waals surface area contributed by atoms with E-state index in [0.717, 1.165) is 47.0 Å². The summed E-state index contributed by atoms with van der Waals surface area (Å²) in [6, 6.07) is 0. The summed E-state index contributed by atoms with van der Waals surface area (Å²) < 4.78 is 19.8. The maximum atomic E-state index is 13.7. The minimum atomic E-state index is -0.420. The predicted octanol–water partition coefficient (Wildman–Crippen LogP) is 4.31. The van der Waals surface area contributed by atoms with E-state index in [0.29, 0.717) is 0 Å². The lowest BCUT2D eigenvalue weighted by Gasteiger charge is -2.22. The van der Waals surface area contributed by atoms with Gasteiger partial charge in [-0.25, -0.2) is 0 Å². The molecule has 0 aliphatic heterocycles. The van der Waals surface area contributed by atoms with Gasteiger partial charge in [0.15, 0.2) is 0 Å². The molecule has 0 saturated heterocycles. The molecule has 40 heavy (non-hydrogen) atoms. The molecule has 0 heterocycles. The molecular weight excluding hydrogens is 601 g/mol. The van der Waals surface area contributed by atoms with Crippen molar-refractivity contribution in [2.45, 2.75) is 53.4 Å². The fraction of sp³-hybridized carbons (Fsp3) is 0.615. The Hall–Kier alpha value is -1.90. The van der Waals surface area contributed by atoms with Crippen LogP contribution < -0.4 is 0 Å². The Morgan fingerprint density at radius 3 is 0.825 bits per heavy atom. The number of hydrogen-bond acceptors (Lipinski definition) is 14. The molecule has 0 aromatic carbocycles. The number of esters is 4. The van der Waals surface area contributed by atoms with Crippen LogP contribution in [0.3, 0.4) is 0 Å². The highest BCUT2D eigenvalue weighted by Gasteiger charge is 2.36. The maximum absolute atomic E-state index is 13.7. The average molecular weight is 637 g/mol. The van der Waals surface area contributed by atoms with E-state index in [1.54, 1.807) is 27.7 Å². The van der Waals surface area contributed by atoms with Crippen LogP contribution in [-0.2, 0) is 47.7 Å². The zero-order valence-corrected chi connectivity index (χ0v) is 26.5. The van der Waals surface area contributed by atoms with Gasteiger partial charge in [-0.05, 0) is 27.7 Å². The Balaban J connectivity index is 3.25. The average Bonchev–Trinajstić information content (AvgIpc) is 2.90. The first-order chi connectivity index (χ1) is 19.2. The molecule has 0 spiro atoms. The molecule has 0 N–H and O–H groups in total. The minimum Gasteiger partial charge on any atom is -0.466 e. The fourth-order valence-corrected chi connectivity index (χ4v) is 7.58. The minimum absolute atomic E-state index is 0.0421. The summed E-state index contributed by atoms with van der Waals surface area (Å²) in [5.74, 6) is -1.65. The van der Waals surface area contributed by atoms with Crippen molar-refractivity contribution in [2.75, 3.05) is 49.4 Å². The first kappa shape index (κ1) is 36.1. The van der Waals surface area contributed by atoms with Crippen molar-refractivity contribution < 1.29 is 47.7 Å². The van der Waals surface area contributed by atoms with Crippen molar-refractivity contribution in [1.29, 1.82) is 0 Å². The molecule has 0 aromatic rings. The second-order valence-electron chi connectivity index (χ2n) is 7.59. The standard InChI is InChI=1S/C26H36O10S4/c1-5-33-17(27)9-13-37-23-21(31)25(39-15-11-19(29)35-7-3)26(40-16-12-20(30)36-8-4)22(32)24(23)38-14-10-18(28)34-6-2/h5-16H2,1-4H3. The van der Waals surface area contributed by atoms with Gasteiger partial charge in [-0.1, -0.05) is 0 Å². The molecule has 0 bridgehead atoms. The Morgan fingerprint density at radius 2 is 0.650 bits per heavy atom. The molecule has 1 aliphatic rings. The second kappa shape index (κ2) is 20.9. The molecule has 0 atom stereocenters.